The molecule has 246 valence electrons. The molecular weight excluding hydrogens is 573 g/mol. The number of aryl methyl sites for hydroxylation is 1. The number of aromatic nitrogens is 3. The number of fused-ring (bicyclic) bond motifs is 2. The van der Waals surface area contributed by atoms with E-state index in [4.69, 9.17) is 5.73 Å². The summed E-state index contributed by atoms with van der Waals surface area (Å²) < 4.78 is 17.6. The van der Waals surface area contributed by atoms with Gasteiger partial charge in [0, 0.05) is 57.9 Å². The third-order valence-corrected chi connectivity index (χ3v) is 10.5. The molecule has 2 aromatic rings. The topological polar surface area (TPSA) is 133 Å². The van der Waals surface area contributed by atoms with Crippen LogP contribution in [0.4, 0.5) is 27.4 Å². The van der Waals surface area contributed by atoms with Crippen molar-refractivity contribution in [2.24, 2.45) is 5.92 Å². The lowest BCUT2D eigenvalue weighted by Gasteiger charge is -2.42. The standard InChI is InChI=1S/C33H50FN9O2/c1-23-20-37-21-25(28(23)41-16-10-24(11-17-41)32(45)42-18-14-36-15-19-42)39-31(44)27-29(35)40-43-30(27)38-22-26(34)33(43)12-8-6-4-2-3-5-7-9-13-33/h20-21,24,26,36,38H,2-19,22H2,1H3,(H2,35,40)(H,39,44). The predicted octanol–water partition coefficient (Wildman–Crippen LogP) is 4.44. The number of piperazine rings is 1. The highest BCUT2D eigenvalue weighted by atomic mass is 19.1. The summed E-state index contributed by atoms with van der Waals surface area (Å²) in [5, 5.41) is 14.2. The number of rotatable bonds is 4. The molecule has 1 atom stereocenters. The largest absolute Gasteiger partial charge is 0.381 e. The number of nitrogens with two attached hydrogens (primary N) is 1. The Morgan fingerprint density at radius 1 is 0.978 bits per heavy atom. The Balaban J connectivity index is 1.21. The van der Waals surface area contributed by atoms with Crippen molar-refractivity contribution >= 4 is 34.8 Å². The first kappa shape index (κ1) is 31.6. The molecule has 1 saturated carbocycles. The molecular formula is C33H50FN9O2. The molecule has 0 radical (unpaired) electrons. The van der Waals surface area contributed by atoms with Gasteiger partial charge in [-0.15, -0.1) is 0 Å². The number of piperidine rings is 1. The minimum atomic E-state index is -1.12. The van der Waals surface area contributed by atoms with E-state index in [1.807, 2.05) is 11.8 Å². The molecule has 0 bridgehead atoms. The SMILES string of the molecule is Cc1cncc(NC(=O)c2c(N)nn3c2NCC(F)C32CCCCCCCCCC2)c1N1CCC(C(=O)N2CCNCC2)CC1. The average molecular weight is 624 g/mol. The summed E-state index contributed by atoms with van der Waals surface area (Å²) in [5.41, 5.74) is 8.35. The highest BCUT2D eigenvalue weighted by Crippen LogP contribution is 2.44. The molecule has 5 heterocycles. The van der Waals surface area contributed by atoms with Crippen molar-refractivity contribution in [2.45, 2.75) is 95.7 Å². The summed E-state index contributed by atoms with van der Waals surface area (Å²) in [6.07, 6.45) is 14.1. The maximum absolute atomic E-state index is 15.9. The number of carbonyl (C=O) groups is 2. The molecule has 0 aromatic carbocycles. The van der Waals surface area contributed by atoms with Crippen molar-refractivity contribution in [3.05, 3.63) is 23.5 Å². The van der Waals surface area contributed by atoms with E-state index in [0.29, 0.717) is 37.4 Å². The monoisotopic (exact) mass is 623 g/mol. The average Bonchev–Trinajstić information content (AvgIpc) is 3.37. The highest BCUT2D eigenvalue weighted by molar-refractivity contribution is 6.12. The first-order valence-electron chi connectivity index (χ1n) is 17.2. The summed E-state index contributed by atoms with van der Waals surface area (Å²) in [6.45, 7) is 6.77. The van der Waals surface area contributed by atoms with Gasteiger partial charge in [-0.25, -0.2) is 9.07 Å². The van der Waals surface area contributed by atoms with Crippen molar-refractivity contribution in [2.75, 3.05) is 67.1 Å². The minimum Gasteiger partial charge on any atom is -0.381 e. The van der Waals surface area contributed by atoms with Crippen LogP contribution in [0.15, 0.2) is 12.4 Å². The molecule has 6 rings (SSSR count). The zero-order valence-corrected chi connectivity index (χ0v) is 26.8. The molecule has 5 N–H and O–H groups in total. The van der Waals surface area contributed by atoms with Crippen molar-refractivity contribution < 1.29 is 14.0 Å². The van der Waals surface area contributed by atoms with Gasteiger partial charge in [0.1, 0.15) is 17.6 Å². The van der Waals surface area contributed by atoms with Crippen LogP contribution >= 0.6 is 0 Å². The Morgan fingerprint density at radius 3 is 2.29 bits per heavy atom. The van der Waals surface area contributed by atoms with E-state index in [0.717, 1.165) is 76.0 Å². The van der Waals surface area contributed by atoms with E-state index in [1.54, 1.807) is 17.1 Å². The molecule has 2 saturated heterocycles. The molecule has 12 heteroatoms. The Kier molecular flexibility index (Phi) is 9.77. The minimum absolute atomic E-state index is 0.0161. The van der Waals surface area contributed by atoms with E-state index < -0.39 is 11.7 Å². The first-order valence-corrected chi connectivity index (χ1v) is 17.2. The third kappa shape index (κ3) is 6.48. The van der Waals surface area contributed by atoms with Gasteiger partial charge in [0.2, 0.25) is 5.91 Å². The van der Waals surface area contributed by atoms with Crippen LogP contribution in [-0.2, 0) is 10.3 Å². The molecule has 2 amide bonds. The van der Waals surface area contributed by atoms with Crippen LogP contribution in [0.2, 0.25) is 0 Å². The molecule has 11 nitrogen and oxygen atoms in total. The van der Waals surface area contributed by atoms with E-state index in [2.05, 4.69) is 30.9 Å². The van der Waals surface area contributed by atoms with Gasteiger partial charge >= 0.3 is 0 Å². The molecule has 45 heavy (non-hydrogen) atoms. The Hall–Kier alpha value is -3.41. The molecule has 3 aliphatic heterocycles. The van der Waals surface area contributed by atoms with E-state index in [1.165, 1.54) is 25.7 Å². The van der Waals surface area contributed by atoms with Gasteiger partial charge in [-0.1, -0.05) is 51.4 Å². The maximum Gasteiger partial charge on any atom is 0.263 e. The maximum atomic E-state index is 15.9. The molecule has 3 fully saturated rings. The third-order valence-electron chi connectivity index (χ3n) is 10.5. The lowest BCUT2D eigenvalue weighted by atomic mass is 9.81. The van der Waals surface area contributed by atoms with Crippen LogP contribution in [0, 0.1) is 12.8 Å². The second-order valence-corrected chi connectivity index (χ2v) is 13.4. The second-order valence-electron chi connectivity index (χ2n) is 13.4. The predicted molar refractivity (Wildman–Crippen MR) is 175 cm³/mol. The number of carbonyl (C=O) groups excluding carboxylic acids is 2. The Labute approximate surface area is 265 Å². The number of nitrogen functional groups attached to an aromatic ring is 1. The number of hydrogen-bond acceptors (Lipinski definition) is 8. The van der Waals surface area contributed by atoms with Gasteiger partial charge in [0.15, 0.2) is 5.82 Å². The van der Waals surface area contributed by atoms with E-state index in [9.17, 15) is 9.59 Å². The molecule has 1 unspecified atom stereocenters. The number of nitrogens with zero attached hydrogens (tertiary/aromatic N) is 5. The summed E-state index contributed by atoms with van der Waals surface area (Å²) in [7, 11) is 0. The van der Waals surface area contributed by atoms with Gasteiger partial charge in [-0.2, -0.15) is 5.10 Å². The number of halogens is 1. The number of pyridine rings is 1. The normalized spacial score (nSPS) is 23.1. The van der Waals surface area contributed by atoms with Gasteiger partial charge in [-0.05, 0) is 38.2 Å². The fourth-order valence-corrected chi connectivity index (χ4v) is 7.97. The van der Waals surface area contributed by atoms with E-state index in [-0.39, 0.29) is 35.7 Å². The van der Waals surface area contributed by atoms with Gasteiger partial charge in [0.05, 0.1) is 23.1 Å². The van der Waals surface area contributed by atoms with Crippen LogP contribution in [0.5, 0.6) is 0 Å². The number of amides is 2. The van der Waals surface area contributed by atoms with Crippen molar-refractivity contribution in [3.8, 4) is 0 Å². The zero-order valence-electron chi connectivity index (χ0n) is 26.8. The van der Waals surface area contributed by atoms with Crippen LogP contribution in [-0.4, -0.2) is 83.5 Å². The Bertz CT molecular complexity index is 1340. The molecule has 1 aliphatic carbocycles. The number of anilines is 4. The fourth-order valence-electron chi connectivity index (χ4n) is 7.97. The molecule has 4 aliphatic rings. The lowest BCUT2D eigenvalue weighted by Crippen LogP contribution is -2.51. The highest BCUT2D eigenvalue weighted by Gasteiger charge is 2.47. The number of hydrogen-bond donors (Lipinski definition) is 4. The fraction of sp³-hybridized carbons (Fsp3) is 0.697. The van der Waals surface area contributed by atoms with Crippen LogP contribution in [0.1, 0.15) is 93.0 Å². The van der Waals surface area contributed by atoms with Crippen LogP contribution in [0.3, 0.4) is 0 Å². The summed E-state index contributed by atoms with van der Waals surface area (Å²) >= 11 is 0. The zero-order chi connectivity index (χ0) is 31.4. The second kappa shape index (κ2) is 13.9. The van der Waals surface area contributed by atoms with E-state index >= 15 is 4.39 Å². The van der Waals surface area contributed by atoms with Gasteiger partial charge in [0.25, 0.3) is 5.91 Å². The van der Waals surface area contributed by atoms with Crippen molar-refractivity contribution in [1.82, 2.24) is 25.0 Å². The summed E-state index contributed by atoms with van der Waals surface area (Å²) in [5.74, 6) is 0.491. The number of nitrogens with one attached hydrogen (secondary N) is 3. The summed E-state index contributed by atoms with van der Waals surface area (Å²) in [6, 6.07) is 0. The van der Waals surface area contributed by atoms with Gasteiger partial charge in [-0.3, -0.25) is 14.6 Å². The van der Waals surface area contributed by atoms with Crippen molar-refractivity contribution in [3.63, 3.8) is 0 Å². The lowest BCUT2D eigenvalue weighted by molar-refractivity contribution is -0.136. The Morgan fingerprint density at radius 2 is 1.62 bits per heavy atom. The molecule has 2 aromatic heterocycles. The summed E-state index contributed by atoms with van der Waals surface area (Å²) in [4.78, 5) is 35.7. The first-order chi connectivity index (χ1) is 21.9. The van der Waals surface area contributed by atoms with Crippen LogP contribution < -0.4 is 26.6 Å². The molecule has 1 spiro atoms. The quantitative estimate of drug-likeness (QED) is 0.393. The van der Waals surface area contributed by atoms with Crippen LogP contribution in [0.25, 0.3) is 0 Å². The van der Waals surface area contributed by atoms with Crippen molar-refractivity contribution in [1.29, 1.82) is 0 Å². The number of alkyl halides is 1. The smallest absolute Gasteiger partial charge is 0.263 e. The van der Waals surface area contributed by atoms with Gasteiger partial charge < -0.3 is 31.5 Å².